The van der Waals surface area contributed by atoms with E-state index in [0.717, 1.165) is 17.0 Å². The number of amides is 1. The molecule has 2 aliphatic heterocycles. The van der Waals surface area contributed by atoms with E-state index < -0.39 is 57.3 Å². The summed E-state index contributed by atoms with van der Waals surface area (Å²) in [6.07, 6.45) is -4.74. The molecule has 1 saturated carbocycles. The minimum atomic E-state index is -4.68. The summed E-state index contributed by atoms with van der Waals surface area (Å²) in [5.41, 5.74) is -4.32. The van der Waals surface area contributed by atoms with Crippen LogP contribution in [0.4, 0.5) is 26.3 Å². The predicted molar refractivity (Wildman–Crippen MR) is 196 cm³/mol. The minimum absolute atomic E-state index is 0.0440. The van der Waals surface area contributed by atoms with E-state index in [1.54, 1.807) is 28.5 Å². The van der Waals surface area contributed by atoms with Gasteiger partial charge in [0, 0.05) is 47.4 Å². The summed E-state index contributed by atoms with van der Waals surface area (Å²) < 4.78 is 89.7. The highest BCUT2D eigenvalue weighted by Gasteiger charge is 2.55. The van der Waals surface area contributed by atoms with Crippen molar-refractivity contribution in [2.24, 2.45) is 5.41 Å². The number of hydrogen-bond acceptors (Lipinski definition) is 8. The van der Waals surface area contributed by atoms with Crippen LogP contribution in [0.2, 0.25) is 0 Å². The number of ether oxygens (including phenoxy) is 1. The molecule has 0 radical (unpaired) electrons. The summed E-state index contributed by atoms with van der Waals surface area (Å²) in [6.45, 7) is 3.86. The third-order valence-corrected chi connectivity index (χ3v) is 13.7. The topological polar surface area (TPSA) is 103 Å². The molecule has 1 amide bonds. The molecule has 0 unspecified atom stereocenters. The van der Waals surface area contributed by atoms with E-state index in [2.05, 4.69) is 4.98 Å². The van der Waals surface area contributed by atoms with Crippen LogP contribution in [0.15, 0.2) is 58.9 Å². The van der Waals surface area contributed by atoms with Gasteiger partial charge in [-0.25, -0.2) is 0 Å². The summed E-state index contributed by atoms with van der Waals surface area (Å²) >= 11 is 1.99. The number of hydrogen-bond donors (Lipinski definition) is 2. The van der Waals surface area contributed by atoms with Crippen LogP contribution in [-0.4, -0.2) is 73.4 Å². The number of carboxylic acid groups (broad SMARTS) is 1. The average molecular weight is 814 g/mol. The number of halogens is 6. The molecule has 0 bridgehead atoms. The van der Waals surface area contributed by atoms with E-state index in [-0.39, 0.29) is 55.6 Å². The van der Waals surface area contributed by atoms with Crippen LogP contribution >= 0.6 is 23.1 Å². The standard InChI is InChI=1S/C39H45F6N3O5S2/c1-3-8-31-37(53-25-21-32(54-24-25)39(43,44)45,13-7-18-48(31)23-29-27(38(40,41)42)10-6-17-46-29)33(49)47-19-15-36(52,16-20-47)28-9-4-5-11-30(28)55-26-12-14-35(2,22-26)34(50)51/h4-6,9-11,17,21,24,26,31,52H,3,7-8,12-16,18-20,22-23H2,1-2H3,(H,50,51)/t26-,31-,35-,37+/m1/s1. The van der Waals surface area contributed by atoms with Crippen LogP contribution in [0, 0.1) is 5.41 Å². The van der Waals surface area contributed by atoms with Crippen molar-refractivity contribution < 1.29 is 50.9 Å². The maximum Gasteiger partial charge on any atom is 0.425 e. The van der Waals surface area contributed by atoms with Crippen molar-refractivity contribution in [1.82, 2.24) is 14.8 Å². The first-order valence-electron chi connectivity index (χ1n) is 18.5. The Bertz CT molecular complexity index is 1850. The maximum atomic E-state index is 15.0. The molecular weight excluding hydrogens is 769 g/mol. The predicted octanol–water partition coefficient (Wildman–Crippen LogP) is 9.01. The van der Waals surface area contributed by atoms with E-state index >= 15 is 0 Å². The molecule has 6 rings (SSSR count). The first-order valence-corrected chi connectivity index (χ1v) is 20.3. The first-order chi connectivity index (χ1) is 25.9. The molecule has 3 aliphatic rings. The Kier molecular flexibility index (Phi) is 11.9. The molecule has 0 spiro atoms. The van der Waals surface area contributed by atoms with Crippen LogP contribution in [0.3, 0.4) is 0 Å². The fraction of sp³-hybridized carbons (Fsp3) is 0.564. The highest BCUT2D eigenvalue weighted by atomic mass is 32.2. The normalized spacial score (nSPS) is 26.2. The number of aliphatic hydroxyl groups is 1. The van der Waals surface area contributed by atoms with Gasteiger partial charge >= 0.3 is 18.3 Å². The molecule has 2 aromatic heterocycles. The fourth-order valence-corrected chi connectivity index (χ4v) is 10.7. The van der Waals surface area contributed by atoms with Gasteiger partial charge in [-0.1, -0.05) is 31.5 Å². The number of benzene rings is 1. The fourth-order valence-electron chi connectivity index (χ4n) is 8.43. The number of carbonyl (C=O) groups is 2. The van der Waals surface area contributed by atoms with Gasteiger partial charge in [0.25, 0.3) is 5.91 Å². The van der Waals surface area contributed by atoms with Crippen molar-refractivity contribution in [3.63, 3.8) is 0 Å². The van der Waals surface area contributed by atoms with E-state index in [9.17, 15) is 46.1 Å². The summed E-state index contributed by atoms with van der Waals surface area (Å²) in [6, 6.07) is 9.63. The van der Waals surface area contributed by atoms with Crippen LogP contribution in [0.25, 0.3) is 0 Å². The van der Waals surface area contributed by atoms with E-state index in [4.69, 9.17) is 4.74 Å². The van der Waals surface area contributed by atoms with Crippen molar-refractivity contribution in [3.8, 4) is 5.75 Å². The van der Waals surface area contributed by atoms with E-state index in [1.807, 2.05) is 31.2 Å². The van der Waals surface area contributed by atoms with E-state index in [1.165, 1.54) is 17.6 Å². The van der Waals surface area contributed by atoms with Gasteiger partial charge in [0.2, 0.25) is 5.60 Å². The van der Waals surface area contributed by atoms with Crippen LogP contribution < -0.4 is 4.74 Å². The number of nitrogens with zero attached hydrogens (tertiary/aromatic N) is 3. The quantitative estimate of drug-likeness (QED) is 0.185. The molecule has 3 aromatic rings. The smallest absolute Gasteiger partial charge is 0.425 e. The van der Waals surface area contributed by atoms with Gasteiger partial charge in [-0.05, 0) is 88.6 Å². The van der Waals surface area contributed by atoms with Crippen molar-refractivity contribution >= 4 is 35.0 Å². The molecule has 8 nitrogen and oxygen atoms in total. The molecular formula is C39H45F6N3O5S2. The summed E-state index contributed by atoms with van der Waals surface area (Å²) in [5.74, 6) is -1.46. The number of thiophene rings is 1. The number of alkyl halides is 6. The zero-order chi connectivity index (χ0) is 39.8. The van der Waals surface area contributed by atoms with Crippen molar-refractivity contribution in [2.45, 2.75) is 118 Å². The zero-order valence-corrected chi connectivity index (χ0v) is 32.2. The number of carbonyl (C=O) groups excluding carboxylic acids is 1. The van der Waals surface area contributed by atoms with Gasteiger partial charge in [-0.2, -0.15) is 26.3 Å². The lowest BCUT2D eigenvalue weighted by molar-refractivity contribution is -0.166. The number of carboxylic acids is 1. The Morgan fingerprint density at radius 3 is 2.38 bits per heavy atom. The lowest BCUT2D eigenvalue weighted by Gasteiger charge is -2.51. The number of piperidine rings is 2. The minimum Gasteiger partial charge on any atom is -0.481 e. The molecule has 2 N–H and O–H groups in total. The monoisotopic (exact) mass is 813 g/mol. The van der Waals surface area contributed by atoms with Gasteiger partial charge in [0.15, 0.2) is 0 Å². The Hall–Kier alpha value is -3.34. The lowest BCUT2D eigenvalue weighted by atomic mass is 9.78. The number of pyridine rings is 1. The van der Waals surface area contributed by atoms with Crippen LogP contribution in [-0.2, 0) is 34.1 Å². The lowest BCUT2D eigenvalue weighted by Crippen LogP contribution is -2.67. The second kappa shape index (κ2) is 15.9. The van der Waals surface area contributed by atoms with Crippen LogP contribution in [0.1, 0.15) is 93.3 Å². The summed E-state index contributed by atoms with van der Waals surface area (Å²) in [5, 5.41) is 23.1. The number of likely N-dealkylation sites (tertiary alicyclic amines) is 2. The number of aliphatic carboxylic acids is 1. The second-order valence-electron chi connectivity index (χ2n) is 15.2. The van der Waals surface area contributed by atoms with Crippen LogP contribution in [0.5, 0.6) is 5.75 Å². The zero-order valence-electron chi connectivity index (χ0n) is 30.6. The molecule has 1 aliphatic carbocycles. The maximum absolute atomic E-state index is 15.0. The molecule has 3 fully saturated rings. The van der Waals surface area contributed by atoms with E-state index in [0.29, 0.717) is 62.0 Å². The Morgan fingerprint density at radius 2 is 1.75 bits per heavy atom. The number of rotatable bonds is 11. The van der Waals surface area contributed by atoms with Gasteiger partial charge in [0.1, 0.15) is 10.6 Å². The first kappa shape index (κ1) is 41.3. The largest absolute Gasteiger partial charge is 0.481 e. The SMILES string of the molecule is CCC[C@H]1N(Cc2ncccc2C(F)(F)F)CCC[C@@]1(Oc1csc(C(F)(F)F)c1)C(=O)N1CCC(O)(c2ccccc2S[C@@H]2CC[C@@](C)(C(=O)O)C2)CC1. The molecule has 4 atom stereocenters. The molecule has 4 heterocycles. The van der Waals surface area contributed by atoms with Gasteiger partial charge in [-0.15, -0.1) is 23.1 Å². The molecule has 55 heavy (non-hydrogen) atoms. The molecule has 1 aromatic carbocycles. The highest BCUT2D eigenvalue weighted by Crippen LogP contribution is 2.49. The Labute approximate surface area is 324 Å². The third kappa shape index (κ3) is 8.66. The molecule has 2 saturated heterocycles. The number of thioether (sulfide) groups is 1. The van der Waals surface area contributed by atoms with Crippen molar-refractivity contribution in [1.29, 1.82) is 0 Å². The summed E-state index contributed by atoms with van der Waals surface area (Å²) in [4.78, 5) is 34.1. The van der Waals surface area contributed by atoms with Gasteiger partial charge in [-0.3, -0.25) is 19.5 Å². The summed E-state index contributed by atoms with van der Waals surface area (Å²) in [7, 11) is 0. The van der Waals surface area contributed by atoms with Crippen molar-refractivity contribution in [3.05, 3.63) is 75.7 Å². The van der Waals surface area contributed by atoms with Gasteiger partial charge in [0.05, 0.1) is 28.3 Å². The average Bonchev–Trinajstić information content (AvgIpc) is 3.77. The third-order valence-electron chi connectivity index (χ3n) is 11.4. The Balaban J connectivity index is 1.28. The number of aromatic nitrogens is 1. The second-order valence-corrected chi connectivity index (χ2v) is 17.4. The molecule has 300 valence electrons. The Morgan fingerprint density at radius 1 is 1.02 bits per heavy atom. The molecule has 16 heteroatoms. The van der Waals surface area contributed by atoms with Gasteiger partial charge < -0.3 is 19.8 Å². The highest BCUT2D eigenvalue weighted by molar-refractivity contribution is 8.00. The van der Waals surface area contributed by atoms with Crippen molar-refractivity contribution in [2.75, 3.05) is 19.6 Å².